The van der Waals surface area contributed by atoms with E-state index in [1.54, 1.807) is 4.90 Å². The molecule has 1 amide bonds. The van der Waals surface area contributed by atoms with Gasteiger partial charge in [-0.2, -0.15) is 0 Å². The maximum Gasteiger partial charge on any atom is 0.411 e. The second-order valence-electron chi connectivity index (χ2n) is 4.77. The summed E-state index contributed by atoms with van der Waals surface area (Å²) in [5.74, 6) is 0. The van der Waals surface area contributed by atoms with Gasteiger partial charge in [-0.1, -0.05) is 42.5 Å². The SMILES string of the molecule is C/C=C/[C@@]1(CO)COC(=O)N1C(C)c1ccccc1. The molecule has 1 aliphatic heterocycles. The van der Waals surface area contributed by atoms with Crippen LogP contribution in [-0.4, -0.2) is 34.9 Å². The van der Waals surface area contributed by atoms with Crippen LogP contribution in [0.5, 0.6) is 0 Å². The van der Waals surface area contributed by atoms with Gasteiger partial charge in [-0.05, 0) is 19.4 Å². The van der Waals surface area contributed by atoms with Gasteiger partial charge in [-0.3, -0.25) is 4.90 Å². The van der Waals surface area contributed by atoms with E-state index in [0.717, 1.165) is 5.56 Å². The fourth-order valence-electron chi connectivity index (χ4n) is 2.55. The van der Waals surface area contributed by atoms with Gasteiger partial charge in [0.2, 0.25) is 0 Å². The Balaban J connectivity index is 2.37. The molecule has 1 unspecified atom stereocenters. The molecule has 0 aliphatic carbocycles. The number of carbonyl (C=O) groups is 1. The predicted octanol–water partition coefficient (Wildman–Crippen LogP) is 2.51. The number of ether oxygens (including phenoxy) is 1. The van der Waals surface area contributed by atoms with Gasteiger partial charge < -0.3 is 9.84 Å². The normalized spacial score (nSPS) is 24.8. The minimum Gasteiger partial charge on any atom is -0.446 e. The third-order valence-corrected chi connectivity index (χ3v) is 3.54. The maximum absolute atomic E-state index is 12.0. The van der Waals surface area contributed by atoms with Crippen molar-refractivity contribution in [1.82, 2.24) is 4.90 Å². The Kier molecular flexibility index (Phi) is 3.90. The van der Waals surface area contributed by atoms with E-state index in [0.29, 0.717) is 0 Å². The van der Waals surface area contributed by atoms with Gasteiger partial charge in [0.25, 0.3) is 0 Å². The summed E-state index contributed by atoms with van der Waals surface area (Å²) in [6, 6.07) is 9.58. The molecule has 4 heteroatoms. The van der Waals surface area contributed by atoms with Crippen LogP contribution in [0.2, 0.25) is 0 Å². The summed E-state index contributed by atoms with van der Waals surface area (Å²) in [6.45, 7) is 3.84. The number of hydrogen-bond donors (Lipinski definition) is 1. The quantitative estimate of drug-likeness (QED) is 0.847. The van der Waals surface area contributed by atoms with Crippen molar-refractivity contribution in [2.24, 2.45) is 0 Å². The zero-order valence-electron chi connectivity index (χ0n) is 11.2. The summed E-state index contributed by atoms with van der Waals surface area (Å²) in [6.07, 6.45) is 3.28. The number of hydrogen-bond acceptors (Lipinski definition) is 3. The molecule has 1 N–H and O–H groups in total. The standard InChI is InChI=1S/C15H19NO3/c1-3-9-15(10-17)11-19-14(18)16(15)12(2)13-7-5-4-6-8-13/h3-9,12,17H,10-11H2,1-2H3/b9-3+/t12?,15-/m1/s1. The molecule has 1 aromatic rings. The van der Waals surface area contributed by atoms with Crippen molar-refractivity contribution in [3.8, 4) is 0 Å². The highest BCUT2D eigenvalue weighted by Gasteiger charge is 2.47. The molecule has 1 aliphatic rings. The Bertz CT molecular complexity index is 472. The van der Waals surface area contributed by atoms with Crippen molar-refractivity contribution < 1.29 is 14.6 Å². The lowest BCUT2D eigenvalue weighted by molar-refractivity contribution is 0.0970. The molecule has 1 fully saturated rings. The van der Waals surface area contributed by atoms with Gasteiger partial charge in [0, 0.05) is 0 Å². The minimum absolute atomic E-state index is 0.153. The largest absolute Gasteiger partial charge is 0.446 e. The average molecular weight is 261 g/mol. The number of aliphatic hydroxyl groups excluding tert-OH is 1. The van der Waals surface area contributed by atoms with Gasteiger partial charge in [0.15, 0.2) is 0 Å². The molecule has 4 nitrogen and oxygen atoms in total. The third kappa shape index (κ3) is 2.36. The molecule has 102 valence electrons. The smallest absolute Gasteiger partial charge is 0.411 e. The number of benzene rings is 1. The fraction of sp³-hybridized carbons (Fsp3) is 0.400. The maximum atomic E-state index is 12.0. The number of amides is 1. The number of nitrogens with zero attached hydrogens (tertiary/aromatic N) is 1. The highest BCUT2D eigenvalue weighted by Crippen LogP contribution is 2.34. The predicted molar refractivity (Wildman–Crippen MR) is 72.7 cm³/mol. The second-order valence-corrected chi connectivity index (χ2v) is 4.77. The summed E-state index contributed by atoms with van der Waals surface area (Å²) in [7, 11) is 0. The van der Waals surface area contributed by atoms with Crippen molar-refractivity contribution >= 4 is 6.09 Å². The van der Waals surface area contributed by atoms with Crippen LogP contribution in [0.3, 0.4) is 0 Å². The highest BCUT2D eigenvalue weighted by molar-refractivity contribution is 5.72. The first-order valence-electron chi connectivity index (χ1n) is 6.40. The van der Waals surface area contributed by atoms with Crippen LogP contribution in [0, 0.1) is 0 Å². The molecule has 19 heavy (non-hydrogen) atoms. The van der Waals surface area contributed by atoms with Crippen molar-refractivity contribution in [3.63, 3.8) is 0 Å². The van der Waals surface area contributed by atoms with Gasteiger partial charge >= 0.3 is 6.09 Å². The van der Waals surface area contributed by atoms with Crippen LogP contribution in [0.4, 0.5) is 4.79 Å². The highest BCUT2D eigenvalue weighted by atomic mass is 16.6. The van der Waals surface area contributed by atoms with Gasteiger partial charge in [0.1, 0.15) is 12.1 Å². The first kappa shape index (κ1) is 13.6. The van der Waals surface area contributed by atoms with E-state index < -0.39 is 5.54 Å². The molecule has 0 saturated carbocycles. The van der Waals surface area contributed by atoms with E-state index in [1.807, 2.05) is 56.3 Å². The number of aliphatic hydroxyl groups is 1. The molecule has 0 aromatic heterocycles. The third-order valence-electron chi connectivity index (χ3n) is 3.54. The number of allylic oxidation sites excluding steroid dienone is 1. The molecule has 2 atom stereocenters. The van der Waals surface area contributed by atoms with Crippen LogP contribution in [0.15, 0.2) is 42.5 Å². The van der Waals surface area contributed by atoms with Crippen molar-refractivity contribution in [3.05, 3.63) is 48.0 Å². The number of rotatable bonds is 4. The lowest BCUT2D eigenvalue weighted by Gasteiger charge is -2.35. The zero-order valence-corrected chi connectivity index (χ0v) is 11.2. The molecule has 1 aromatic carbocycles. The molecular weight excluding hydrogens is 242 g/mol. The van der Waals surface area contributed by atoms with Crippen molar-refractivity contribution in [1.29, 1.82) is 0 Å². The molecule has 0 bridgehead atoms. The van der Waals surface area contributed by atoms with E-state index in [-0.39, 0.29) is 25.3 Å². The van der Waals surface area contributed by atoms with Gasteiger partial charge in [-0.25, -0.2) is 4.79 Å². The Morgan fingerprint density at radius 2 is 2.16 bits per heavy atom. The molecule has 0 radical (unpaired) electrons. The summed E-state index contributed by atoms with van der Waals surface area (Å²) in [4.78, 5) is 13.6. The zero-order chi connectivity index (χ0) is 13.9. The lowest BCUT2D eigenvalue weighted by Crippen LogP contribution is -2.49. The minimum atomic E-state index is -0.763. The first-order chi connectivity index (χ1) is 9.14. The monoisotopic (exact) mass is 261 g/mol. The van der Waals surface area contributed by atoms with E-state index in [9.17, 15) is 9.90 Å². The number of cyclic esters (lactones) is 1. The van der Waals surface area contributed by atoms with E-state index in [4.69, 9.17) is 4.74 Å². The van der Waals surface area contributed by atoms with Crippen LogP contribution >= 0.6 is 0 Å². The van der Waals surface area contributed by atoms with Crippen LogP contribution < -0.4 is 0 Å². The molecule has 1 heterocycles. The first-order valence-corrected chi connectivity index (χ1v) is 6.40. The van der Waals surface area contributed by atoms with E-state index in [2.05, 4.69) is 0 Å². The average Bonchev–Trinajstić information content (AvgIpc) is 2.77. The Labute approximate surface area is 113 Å². The van der Waals surface area contributed by atoms with Gasteiger partial charge in [-0.15, -0.1) is 0 Å². The summed E-state index contributed by atoms with van der Waals surface area (Å²) in [5.41, 5.74) is 0.254. The number of carbonyl (C=O) groups excluding carboxylic acids is 1. The Morgan fingerprint density at radius 1 is 1.47 bits per heavy atom. The van der Waals surface area contributed by atoms with E-state index in [1.165, 1.54) is 0 Å². The molecule has 0 spiro atoms. The van der Waals surface area contributed by atoms with Crippen molar-refractivity contribution in [2.75, 3.05) is 13.2 Å². The van der Waals surface area contributed by atoms with Crippen LogP contribution in [0.1, 0.15) is 25.5 Å². The Morgan fingerprint density at radius 3 is 2.74 bits per heavy atom. The summed E-state index contributed by atoms with van der Waals surface area (Å²) in [5, 5.41) is 9.71. The fourth-order valence-corrected chi connectivity index (χ4v) is 2.55. The lowest BCUT2D eigenvalue weighted by atomic mass is 9.96. The molecule has 2 rings (SSSR count). The topological polar surface area (TPSA) is 49.8 Å². The molecular formula is C15H19NO3. The van der Waals surface area contributed by atoms with Crippen molar-refractivity contribution in [2.45, 2.75) is 25.4 Å². The van der Waals surface area contributed by atoms with E-state index >= 15 is 0 Å². The summed E-state index contributed by atoms with van der Waals surface area (Å²) >= 11 is 0. The molecule has 1 saturated heterocycles. The van der Waals surface area contributed by atoms with Crippen LogP contribution in [0.25, 0.3) is 0 Å². The second kappa shape index (κ2) is 5.45. The van der Waals surface area contributed by atoms with Gasteiger partial charge in [0.05, 0.1) is 12.6 Å². The summed E-state index contributed by atoms with van der Waals surface area (Å²) < 4.78 is 5.14. The van der Waals surface area contributed by atoms with Crippen LogP contribution in [-0.2, 0) is 4.74 Å². The Hall–Kier alpha value is -1.81.